The highest BCUT2D eigenvalue weighted by atomic mass is 35.5. The summed E-state index contributed by atoms with van der Waals surface area (Å²) in [5.41, 5.74) is -0.0532. The van der Waals surface area contributed by atoms with E-state index in [1.165, 1.54) is 18.2 Å². The van der Waals surface area contributed by atoms with Gasteiger partial charge in [0, 0.05) is 11.6 Å². The summed E-state index contributed by atoms with van der Waals surface area (Å²) in [7, 11) is 0. The Morgan fingerprint density at radius 3 is 2.79 bits per heavy atom. The van der Waals surface area contributed by atoms with E-state index in [1.54, 1.807) is 0 Å². The summed E-state index contributed by atoms with van der Waals surface area (Å²) in [4.78, 5) is 22.5. The highest BCUT2D eigenvalue weighted by molar-refractivity contribution is 6.31. The van der Waals surface area contributed by atoms with Gasteiger partial charge < -0.3 is 15.2 Å². The van der Waals surface area contributed by atoms with Crippen LogP contribution in [0.3, 0.4) is 0 Å². The second-order valence-corrected chi connectivity index (χ2v) is 4.92. The van der Waals surface area contributed by atoms with Gasteiger partial charge in [0.1, 0.15) is 11.3 Å². The van der Waals surface area contributed by atoms with Crippen LogP contribution in [0.1, 0.15) is 23.2 Å². The molecule has 0 unspecified atom stereocenters. The number of nitrogens with one attached hydrogen (secondary N) is 1. The number of aromatic carboxylic acids is 1. The SMILES string of the molecule is O=C(COc1ccc(Cl)cc1C(=O)O)NCC1CC1. The Kier molecular flexibility index (Phi) is 4.27. The maximum Gasteiger partial charge on any atom is 0.339 e. The monoisotopic (exact) mass is 283 g/mol. The minimum absolute atomic E-state index is 0.0532. The Labute approximate surface area is 115 Å². The lowest BCUT2D eigenvalue weighted by Crippen LogP contribution is -2.30. The van der Waals surface area contributed by atoms with Crippen LogP contribution in [0.5, 0.6) is 5.75 Å². The first kappa shape index (κ1) is 13.7. The molecule has 0 aromatic heterocycles. The molecular weight excluding hydrogens is 270 g/mol. The van der Waals surface area contributed by atoms with Gasteiger partial charge in [0.2, 0.25) is 0 Å². The van der Waals surface area contributed by atoms with Gasteiger partial charge in [0.25, 0.3) is 5.91 Å². The van der Waals surface area contributed by atoms with Gasteiger partial charge >= 0.3 is 5.97 Å². The number of carbonyl (C=O) groups excluding carboxylic acids is 1. The first-order valence-electron chi connectivity index (χ1n) is 5.98. The summed E-state index contributed by atoms with van der Waals surface area (Å²) in [6.45, 7) is 0.462. The summed E-state index contributed by atoms with van der Waals surface area (Å²) in [5, 5.41) is 12.0. The predicted octanol–water partition coefficient (Wildman–Crippen LogP) is 1.94. The van der Waals surface area contributed by atoms with Gasteiger partial charge in [-0.15, -0.1) is 0 Å². The van der Waals surface area contributed by atoms with Crippen LogP contribution in [-0.4, -0.2) is 30.1 Å². The van der Waals surface area contributed by atoms with Crippen molar-refractivity contribution in [2.24, 2.45) is 5.92 Å². The van der Waals surface area contributed by atoms with Crippen LogP contribution in [0.15, 0.2) is 18.2 Å². The lowest BCUT2D eigenvalue weighted by atomic mass is 10.2. The highest BCUT2D eigenvalue weighted by Crippen LogP contribution is 2.27. The maximum absolute atomic E-state index is 11.5. The molecule has 0 radical (unpaired) electrons. The summed E-state index contributed by atoms with van der Waals surface area (Å²) in [6, 6.07) is 4.26. The van der Waals surface area contributed by atoms with E-state index in [2.05, 4.69) is 5.32 Å². The number of benzene rings is 1. The molecule has 2 rings (SSSR count). The highest BCUT2D eigenvalue weighted by Gasteiger charge is 2.21. The van der Waals surface area contributed by atoms with E-state index in [-0.39, 0.29) is 23.8 Å². The Morgan fingerprint density at radius 1 is 1.42 bits per heavy atom. The summed E-state index contributed by atoms with van der Waals surface area (Å²) in [6.07, 6.45) is 2.31. The van der Waals surface area contributed by atoms with Gasteiger partial charge in [0.05, 0.1) is 0 Å². The molecule has 102 valence electrons. The number of halogens is 1. The van der Waals surface area contributed by atoms with Gasteiger partial charge in [-0.25, -0.2) is 4.79 Å². The fraction of sp³-hybridized carbons (Fsp3) is 0.385. The number of ether oxygens (including phenoxy) is 1. The lowest BCUT2D eigenvalue weighted by Gasteiger charge is -2.09. The molecule has 0 saturated heterocycles. The van der Waals surface area contributed by atoms with Crippen molar-refractivity contribution < 1.29 is 19.4 Å². The third kappa shape index (κ3) is 4.13. The van der Waals surface area contributed by atoms with Crippen molar-refractivity contribution in [3.63, 3.8) is 0 Å². The molecule has 6 heteroatoms. The summed E-state index contributed by atoms with van der Waals surface area (Å²) < 4.78 is 5.22. The second kappa shape index (κ2) is 5.93. The summed E-state index contributed by atoms with van der Waals surface area (Å²) >= 11 is 5.72. The summed E-state index contributed by atoms with van der Waals surface area (Å²) in [5.74, 6) is -0.665. The molecule has 1 fully saturated rings. The number of carbonyl (C=O) groups is 2. The quantitative estimate of drug-likeness (QED) is 0.836. The molecule has 0 heterocycles. The zero-order valence-electron chi connectivity index (χ0n) is 10.2. The fourth-order valence-electron chi connectivity index (χ4n) is 1.57. The van der Waals surface area contributed by atoms with Crippen molar-refractivity contribution in [2.75, 3.05) is 13.2 Å². The molecule has 5 nitrogen and oxygen atoms in total. The fourth-order valence-corrected chi connectivity index (χ4v) is 1.74. The van der Waals surface area contributed by atoms with Gasteiger partial charge in [-0.2, -0.15) is 0 Å². The van der Waals surface area contributed by atoms with Crippen molar-refractivity contribution in [2.45, 2.75) is 12.8 Å². The van der Waals surface area contributed by atoms with E-state index in [9.17, 15) is 9.59 Å². The molecule has 0 spiro atoms. The van der Waals surface area contributed by atoms with E-state index in [4.69, 9.17) is 21.4 Å². The first-order chi connectivity index (χ1) is 9.06. The van der Waals surface area contributed by atoms with Crippen molar-refractivity contribution in [1.82, 2.24) is 5.32 Å². The van der Waals surface area contributed by atoms with Crippen LogP contribution < -0.4 is 10.1 Å². The number of hydrogen-bond donors (Lipinski definition) is 2. The van der Waals surface area contributed by atoms with E-state index >= 15 is 0 Å². The zero-order chi connectivity index (χ0) is 13.8. The van der Waals surface area contributed by atoms with Gasteiger partial charge in [-0.3, -0.25) is 4.79 Å². The topological polar surface area (TPSA) is 75.6 Å². The van der Waals surface area contributed by atoms with Gasteiger partial charge in [-0.05, 0) is 37.0 Å². The van der Waals surface area contributed by atoms with Crippen LogP contribution in [0.2, 0.25) is 5.02 Å². The average molecular weight is 284 g/mol. The number of rotatable bonds is 6. The molecule has 1 aromatic carbocycles. The smallest absolute Gasteiger partial charge is 0.339 e. The van der Waals surface area contributed by atoms with Crippen molar-refractivity contribution >= 4 is 23.5 Å². The minimum Gasteiger partial charge on any atom is -0.483 e. The van der Waals surface area contributed by atoms with E-state index in [0.29, 0.717) is 17.5 Å². The van der Waals surface area contributed by atoms with Gasteiger partial charge in [-0.1, -0.05) is 11.6 Å². The molecule has 1 aliphatic rings. The Morgan fingerprint density at radius 2 is 2.16 bits per heavy atom. The molecule has 0 bridgehead atoms. The van der Waals surface area contributed by atoms with Crippen LogP contribution in [0, 0.1) is 5.92 Å². The number of carboxylic acids is 1. The number of hydrogen-bond acceptors (Lipinski definition) is 3. The van der Waals surface area contributed by atoms with E-state index in [0.717, 1.165) is 12.8 Å². The van der Waals surface area contributed by atoms with Crippen LogP contribution >= 0.6 is 11.6 Å². The minimum atomic E-state index is -1.14. The van der Waals surface area contributed by atoms with E-state index in [1.807, 2.05) is 0 Å². The molecule has 19 heavy (non-hydrogen) atoms. The normalized spacial score (nSPS) is 13.9. The average Bonchev–Trinajstić information content (AvgIpc) is 3.18. The first-order valence-corrected chi connectivity index (χ1v) is 6.36. The molecule has 2 N–H and O–H groups in total. The van der Waals surface area contributed by atoms with E-state index < -0.39 is 5.97 Å². The van der Waals surface area contributed by atoms with Crippen molar-refractivity contribution in [3.8, 4) is 5.75 Å². The molecule has 1 aromatic rings. The van der Waals surface area contributed by atoms with Crippen LogP contribution in [0.4, 0.5) is 0 Å². The van der Waals surface area contributed by atoms with Crippen molar-refractivity contribution in [1.29, 1.82) is 0 Å². The third-order valence-electron chi connectivity index (χ3n) is 2.82. The molecule has 1 aliphatic carbocycles. The third-order valence-corrected chi connectivity index (χ3v) is 3.05. The zero-order valence-corrected chi connectivity index (χ0v) is 10.9. The Balaban J connectivity index is 1.90. The molecule has 1 saturated carbocycles. The Bertz CT molecular complexity index is 499. The molecule has 0 atom stereocenters. The standard InChI is InChI=1S/C13H14ClNO4/c14-9-3-4-11(10(5-9)13(17)18)19-7-12(16)15-6-8-1-2-8/h3-5,8H,1-2,6-7H2,(H,15,16)(H,17,18). The largest absolute Gasteiger partial charge is 0.483 e. The van der Waals surface area contributed by atoms with Gasteiger partial charge in [0.15, 0.2) is 6.61 Å². The van der Waals surface area contributed by atoms with Crippen LogP contribution in [-0.2, 0) is 4.79 Å². The maximum atomic E-state index is 11.5. The molecular formula is C13H14ClNO4. The van der Waals surface area contributed by atoms with Crippen LogP contribution in [0.25, 0.3) is 0 Å². The predicted molar refractivity (Wildman–Crippen MR) is 69.6 cm³/mol. The lowest BCUT2D eigenvalue weighted by molar-refractivity contribution is -0.123. The number of amides is 1. The number of carboxylic acid groups (broad SMARTS) is 1. The molecule has 0 aliphatic heterocycles. The van der Waals surface area contributed by atoms with Crippen molar-refractivity contribution in [3.05, 3.63) is 28.8 Å². The Hall–Kier alpha value is -1.75. The second-order valence-electron chi connectivity index (χ2n) is 4.48. The molecule has 1 amide bonds.